The third-order valence-corrected chi connectivity index (χ3v) is 3.44. The van der Waals surface area contributed by atoms with Gasteiger partial charge in [0.2, 0.25) is 0 Å². The molecule has 1 N–H and O–H groups in total. The van der Waals surface area contributed by atoms with E-state index in [1.54, 1.807) is 12.5 Å². The Hall–Kier alpha value is -3.08. The minimum Gasteiger partial charge on any atom is -0.486 e. The van der Waals surface area contributed by atoms with Crippen LogP contribution in [0.4, 0.5) is 0 Å². The first-order valence-corrected chi connectivity index (χ1v) is 7.03. The number of aromatic nitrogens is 4. The normalized spacial score (nSPS) is 10.9. The Kier molecular flexibility index (Phi) is 3.08. The number of rotatable bonds is 4. The van der Waals surface area contributed by atoms with Gasteiger partial charge in [-0.2, -0.15) is 0 Å². The lowest BCUT2D eigenvalue weighted by molar-refractivity contribution is 0.297. The summed E-state index contributed by atoms with van der Waals surface area (Å²) >= 11 is 0. The molecular formula is C17H14N4O. The van der Waals surface area contributed by atoms with Gasteiger partial charge in [0, 0.05) is 18.1 Å². The van der Waals surface area contributed by atoms with Crippen molar-refractivity contribution in [1.29, 1.82) is 0 Å². The van der Waals surface area contributed by atoms with E-state index in [1.165, 1.54) is 0 Å². The van der Waals surface area contributed by atoms with Gasteiger partial charge in [0.05, 0.1) is 17.4 Å². The summed E-state index contributed by atoms with van der Waals surface area (Å²) in [5.41, 5.74) is 2.96. The van der Waals surface area contributed by atoms with Gasteiger partial charge >= 0.3 is 0 Å². The second-order valence-corrected chi connectivity index (χ2v) is 4.96. The van der Waals surface area contributed by atoms with E-state index >= 15 is 0 Å². The number of aromatic amines is 1. The Balaban J connectivity index is 1.58. The van der Waals surface area contributed by atoms with Crippen molar-refractivity contribution in [2.24, 2.45) is 0 Å². The number of ether oxygens (including phenoxy) is 1. The second kappa shape index (κ2) is 5.37. The van der Waals surface area contributed by atoms with Gasteiger partial charge in [0.15, 0.2) is 0 Å². The maximum Gasteiger partial charge on any atom is 0.146 e. The molecule has 0 radical (unpaired) electrons. The quantitative estimate of drug-likeness (QED) is 0.627. The molecule has 22 heavy (non-hydrogen) atoms. The van der Waals surface area contributed by atoms with Gasteiger partial charge in [0.1, 0.15) is 18.2 Å². The first-order valence-electron chi connectivity index (χ1n) is 7.03. The third-order valence-electron chi connectivity index (χ3n) is 3.44. The number of imidazole rings is 2. The second-order valence-electron chi connectivity index (χ2n) is 4.96. The van der Waals surface area contributed by atoms with Gasteiger partial charge in [-0.1, -0.05) is 18.2 Å². The molecule has 2 aromatic heterocycles. The first kappa shape index (κ1) is 12.6. The number of para-hydroxylation sites is 1. The predicted octanol–water partition coefficient (Wildman–Crippen LogP) is 3.33. The van der Waals surface area contributed by atoms with Crippen LogP contribution in [0.15, 0.2) is 67.3 Å². The van der Waals surface area contributed by atoms with E-state index in [0.29, 0.717) is 6.61 Å². The van der Waals surface area contributed by atoms with Crippen molar-refractivity contribution in [3.05, 3.63) is 73.1 Å². The van der Waals surface area contributed by atoms with Gasteiger partial charge in [-0.15, -0.1) is 0 Å². The number of hydrogen-bond donors (Lipinski definition) is 1. The van der Waals surface area contributed by atoms with Crippen LogP contribution in [0.5, 0.6) is 5.75 Å². The molecule has 0 aliphatic heterocycles. The molecule has 0 spiro atoms. The molecule has 0 aliphatic carbocycles. The van der Waals surface area contributed by atoms with Crippen molar-refractivity contribution in [2.45, 2.75) is 6.61 Å². The molecule has 0 bridgehead atoms. The highest BCUT2D eigenvalue weighted by atomic mass is 16.5. The first-order chi connectivity index (χ1) is 10.9. The van der Waals surface area contributed by atoms with E-state index in [2.05, 4.69) is 21.0 Å². The Morgan fingerprint density at radius 2 is 2.00 bits per heavy atom. The Labute approximate surface area is 127 Å². The minimum absolute atomic E-state index is 0.416. The number of hydrogen-bond acceptors (Lipinski definition) is 3. The van der Waals surface area contributed by atoms with Crippen molar-refractivity contribution in [3.63, 3.8) is 0 Å². The van der Waals surface area contributed by atoms with E-state index in [4.69, 9.17) is 4.74 Å². The van der Waals surface area contributed by atoms with Gasteiger partial charge in [-0.25, -0.2) is 9.97 Å². The number of fused-ring (bicyclic) bond motifs is 1. The third kappa shape index (κ3) is 2.44. The average Bonchev–Trinajstić information content (AvgIpc) is 3.22. The smallest absolute Gasteiger partial charge is 0.146 e. The number of nitrogens with zero attached hydrogens (tertiary/aromatic N) is 3. The lowest BCUT2D eigenvalue weighted by atomic mass is 10.3. The Bertz CT molecular complexity index is 882. The predicted molar refractivity (Wildman–Crippen MR) is 84.0 cm³/mol. The van der Waals surface area contributed by atoms with Crippen LogP contribution in [0.3, 0.4) is 0 Å². The lowest BCUT2D eigenvalue weighted by Gasteiger charge is -2.02. The van der Waals surface area contributed by atoms with Crippen LogP contribution in [-0.2, 0) is 6.61 Å². The highest BCUT2D eigenvalue weighted by Crippen LogP contribution is 2.18. The van der Waals surface area contributed by atoms with Gasteiger partial charge in [-0.05, 0) is 30.3 Å². The van der Waals surface area contributed by atoms with Crippen molar-refractivity contribution in [3.8, 4) is 11.4 Å². The molecule has 0 unspecified atom stereocenters. The summed E-state index contributed by atoms with van der Waals surface area (Å²) in [6, 6.07) is 15.8. The number of nitrogens with one attached hydrogen (secondary N) is 1. The Morgan fingerprint density at radius 1 is 1.09 bits per heavy atom. The van der Waals surface area contributed by atoms with Crippen LogP contribution in [0, 0.1) is 0 Å². The monoisotopic (exact) mass is 290 g/mol. The summed E-state index contributed by atoms with van der Waals surface area (Å²) in [4.78, 5) is 11.9. The summed E-state index contributed by atoms with van der Waals surface area (Å²) in [6.45, 7) is 0.416. The molecule has 2 aromatic carbocycles. The SMILES string of the molecule is c1ccc(OCc2nc3ccc(-n4ccnc4)cc3[nH]2)cc1. The molecule has 0 amide bonds. The molecule has 108 valence electrons. The van der Waals surface area contributed by atoms with Crippen LogP contribution in [0.25, 0.3) is 16.7 Å². The fourth-order valence-corrected chi connectivity index (χ4v) is 2.36. The van der Waals surface area contributed by atoms with E-state index in [0.717, 1.165) is 28.3 Å². The molecule has 0 saturated carbocycles. The molecule has 4 aromatic rings. The summed E-state index contributed by atoms with van der Waals surface area (Å²) in [5.74, 6) is 1.64. The maximum absolute atomic E-state index is 5.72. The fraction of sp³-hybridized carbons (Fsp3) is 0.0588. The minimum atomic E-state index is 0.416. The van der Waals surface area contributed by atoms with Gasteiger partial charge in [-0.3, -0.25) is 0 Å². The zero-order valence-corrected chi connectivity index (χ0v) is 11.8. The van der Waals surface area contributed by atoms with Crippen LogP contribution in [0.1, 0.15) is 5.82 Å². The van der Waals surface area contributed by atoms with Gasteiger partial charge < -0.3 is 14.3 Å². The summed E-state index contributed by atoms with van der Waals surface area (Å²) < 4.78 is 7.67. The summed E-state index contributed by atoms with van der Waals surface area (Å²) in [7, 11) is 0. The standard InChI is InChI=1S/C17H14N4O/c1-2-4-14(5-3-1)22-11-17-19-15-7-6-13(10-16(15)20-17)21-9-8-18-12-21/h1-10,12H,11H2,(H,19,20). The van der Waals surface area contributed by atoms with Crippen LogP contribution < -0.4 is 4.74 Å². The zero-order chi connectivity index (χ0) is 14.8. The average molecular weight is 290 g/mol. The van der Waals surface area contributed by atoms with Gasteiger partial charge in [0.25, 0.3) is 0 Å². The highest BCUT2D eigenvalue weighted by Gasteiger charge is 2.05. The largest absolute Gasteiger partial charge is 0.486 e. The fourth-order valence-electron chi connectivity index (χ4n) is 2.36. The Morgan fingerprint density at radius 3 is 2.82 bits per heavy atom. The van der Waals surface area contributed by atoms with Crippen molar-refractivity contribution in [1.82, 2.24) is 19.5 Å². The van der Waals surface area contributed by atoms with Crippen LogP contribution >= 0.6 is 0 Å². The molecular weight excluding hydrogens is 276 g/mol. The molecule has 0 atom stereocenters. The van der Waals surface area contributed by atoms with Crippen molar-refractivity contribution in [2.75, 3.05) is 0 Å². The van der Waals surface area contributed by atoms with E-state index in [1.807, 2.05) is 53.2 Å². The molecule has 5 nitrogen and oxygen atoms in total. The highest BCUT2D eigenvalue weighted by molar-refractivity contribution is 5.77. The summed E-state index contributed by atoms with van der Waals surface area (Å²) in [5, 5.41) is 0. The zero-order valence-electron chi connectivity index (χ0n) is 11.8. The van der Waals surface area contributed by atoms with Crippen LogP contribution in [-0.4, -0.2) is 19.5 Å². The molecule has 2 heterocycles. The molecule has 0 saturated heterocycles. The topological polar surface area (TPSA) is 55.7 Å². The van der Waals surface area contributed by atoms with E-state index < -0.39 is 0 Å². The van der Waals surface area contributed by atoms with E-state index in [9.17, 15) is 0 Å². The maximum atomic E-state index is 5.72. The van der Waals surface area contributed by atoms with Crippen molar-refractivity contribution >= 4 is 11.0 Å². The molecule has 4 rings (SSSR count). The molecule has 0 aliphatic rings. The number of H-pyrrole nitrogens is 1. The lowest BCUT2D eigenvalue weighted by Crippen LogP contribution is -1.96. The number of benzene rings is 2. The van der Waals surface area contributed by atoms with Crippen LogP contribution in [0.2, 0.25) is 0 Å². The molecule has 0 fully saturated rings. The summed E-state index contributed by atoms with van der Waals surface area (Å²) in [6.07, 6.45) is 5.45. The van der Waals surface area contributed by atoms with E-state index in [-0.39, 0.29) is 0 Å². The molecule has 5 heteroatoms. The van der Waals surface area contributed by atoms with Crippen molar-refractivity contribution < 1.29 is 4.74 Å².